The monoisotopic (exact) mass is 718 g/mol. The maximum Gasteiger partial charge on any atom is 0.406 e. The van der Waals surface area contributed by atoms with Gasteiger partial charge in [-0.3, -0.25) is 13.2 Å². The number of hydrogen-bond acceptors (Lipinski definition) is 13. The highest BCUT2D eigenvalue weighted by molar-refractivity contribution is 7.87. The molecule has 0 fully saturated rings. The van der Waals surface area contributed by atoms with E-state index in [1.54, 1.807) is 24.3 Å². The normalized spacial score (nSPS) is 11.7. The zero-order valence-electron chi connectivity index (χ0n) is 27.6. The number of nitrogens with zero attached hydrogens (tertiary/aromatic N) is 1. The molecule has 0 atom stereocenters. The van der Waals surface area contributed by atoms with Gasteiger partial charge in [0.2, 0.25) is 5.91 Å². The Balaban J connectivity index is 1.72. The lowest BCUT2D eigenvalue weighted by Gasteiger charge is -2.22. The van der Waals surface area contributed by atoms with Crippen molar-refractivity contribution in [1.82, 2.24) is 10.2 Å². The number of carbonyl (C=O) groups is 2. The van der Waals surface area contributed by atoms with Gasteiger partial charge in [-0.05, 0) is 38.1 Å². The van der Waals surface area contributed by atoms with Gasteiger partial charge in [0.05, 0.1) is 89.4 Å². The highest BCUT2D eigenvalue weighted by Crippen LogP contribution is 2.15. The number of alkyl carbamates (subject to hydrolysis) is 1. The van der Waals surface area contributed by atoms with Crippen molar-refractivity contribution in [2.24, 2.45) is 0 Å². The quantitative estimate of drug-likeness (QED) is 0.116. The van der Waals surface area contributed by atoms with Crippen LogP contribution in [0.4, 0.5) is 4.79 Å². The minimum atomic E-state index is -4.06. The summed E-state index contributed by atoms with van der Waals surface area (Å²) >= 11 is 0. The van der Waals surface area contributed by atoms with Crippen LogP contribution in [0, 0.1) is 13.8 Å². The molecule has 0 aromatic heterocycles. The molecule has 2 amide bonds. The van der Waals surface area contributed by atoms with Crippen molar-refractivity contribution in [3.8, 4) is 0 Å². The maximum atomic E-state index is 13.0. The van der Waals surface area contributed by atoms with Crippen LogP contribution in [-0.4, -0.2) is 127 Å². The van der Waals surface area contributed by atoms with Crippen molar-refractivity contribution < 1.29 is 58.5 Å². The molecular weight excluding hydrogens is 672 g/mol. The fraction of sp³-hybridized carbons (Fsp3) is 0.548. The van der Waals surface area contributed by atoms with E-state index in [9.17, 15) is 26.4 Å². The Labute approximate surface area is 283 Å². The molecule has 15 nitrogen and oxygen atoms in total. The molecule has 0 aliphatic carbocycles. The van der Waals surface area contributed by atoms with Crippen molar-refractivity contribution >= 4 is 32.2 Å². The maximum absolute atomic E-state index is 13.0. The van der Waals surface area contributed by atoms with Crippen molar-refractivity contribution in [1.29, 1.82) is 0 Å². The minimum Gasteiger partial charge on any atom is -0.453 e. The standard InChI is InChI=1S/C31H46N2O13S2/c1-26-4-8-28(9-5-26)47(36,37)45-18-14-33(15-19-46-48(38,39)29-10-6-27(2)7-11-29)30(34)12-16-41-20-22-43-24-25-44-23-21-42-17-13-32-31(35)40-3/h4-11H,12-25H2,1-3H3,(H,32,35). The van der Waals surface area contributed by atoms with Crippen LogP contribution in [0.15, 0.2) is 58.3 Å². The van der Waals surface area contributed by atoms with E-state index in [1.165, 1.54) is 36.3 Å². The van der Waals surface area contributed by atoms with Crippen LogP contribution in [0.3, 0.4) is 0 Å². The van der Waals surface area contributed by atoms with E-state index in [1.807, 2.05) is 13.8 Å². The second-order valence-electron chi connectivity index (χ2n) is 10.2. The molecule has 0 radical (unpaired) electrons. The Hall–Kier alpha value is -3.16. The molecule has 1 N–H and O–H groups in total. The molecule has 0 bridgehead atoms. The number of ether oxygens (including phenoxy) is 5. The first-order valence-electron chi connectivity index (χ1n) is 15.3. The third-order valence-electron chi connectivity index (χ3n) is 6.45. The Kier molecular flexibility index (Phi) is 19.2. The SMILES string of the molecule is COC(=O)NCCOCCOCCOCCOCCC(=O)N(CCOS(=O)(=O)c1ccc(C)cc1)CCOS(=O)(=O)c1ccc(C)cc1. The zero-order valence-corrected chi connectivity index (χ0v) is 29.2. The first-order chi connectivity index (χ1) is 22.9. The number of carbonyl (C=O) groups excluding carboxylic acids is 2. The summed E-state index contributed by atoms with van der Waals surface area (Å²) in [7, 11) is -6.84. The number of methoxy groups -OCH3 is 1. The molecule has 48 heavy (non-hydrogen) atoms. The molecule has 2 aromatic carbocycles. The van der Waals surface area contributed by atoms with E-state index in [4.69, 9.17) is 27.3 Å². The summed E-state index contributed by atoms with van der Waals surface area (Å²) in [5, 5.41) is 2.49. The lowest BCUT2D eigenvalue weighted by Crippen LogP contribution is -2.38. The molecular formula is C31H46N2O13S2. The molecule has 0 unspecified atom stereocenters. The van der Waals surface area contributed by atoms with Gasteiger partial charge in [-0.25, -0.2) is 4.79 Å². The van der Waals surface area contributed by atoms with Gasteiger partial charge in [-0.2, -0.15) is 16.8 Å². The van der Waals surface area contributed by atoms with Gasteiger partial charge in [-0.15, -0.1) is 0 Å². The summed E-state index contributed by atoms with van der Waals surface area (Å²) in [6, 6.07) is 12.3. The van der Waals surface area contributed by atoms with Gasteiger partial charge < -0.3 is 33.9 Å². The van der Waals surface area contributed by atoms with E-state index < -0.39 is 32.2 Å². The van der Waals surface area contributed by atoms with Gasteiger partial charge >= 0.3 is 6.09 Å². The number of hydrogen-bond donors (Lipinski definition) is 1. The van der Waals surface area contributed by atoms with Crippen LogP contribution in [0.5, 0.6) is 0 Å². The molecule has 0 spiro atoms. The van der Waals surface area contributed by atoms with Crippen LogP contribution in [0.1, 0.15) is 17.5 Å². The molecule has 0 heterocycles. The second kappa shape index (κ2) is 22.5. The highest BCUT2D eigenvalue weighted by Gasteiger charge is 2.20. The first-order valence-corrected chi connectivity index (χ1v) is 18.1. The molecule has 17 heteroatoms. The van der Waals surface area contributed by atoms with Crippen LogP contribution >= 0.6 is 0 Å². The number of benzene rings is 2. The summed E-state index contributed by atoms with van der Waals surface area (Å²) in [5.41, 5.74) is 1.77. The Morgan fingerprint density at radius 3 is 1.42 bits per heavy atom. The van der Waals surface area contributed by atoms with Crippen LogP contribution in [0.2, 0.25) is 0 Å². The largest absolute Gasteiger partial charge is 0.453 e. The number of amides is 2. The van der Waals surface area contributed by atoms with E-state index >= 15 is 0 Å². The summed E-state index contributed by atoms with van der Waals surface area (Å²) in [6.07, 6.45) is -0.567. The van der Waals surface area contributed by atoms with Crippen LogP contribution in [-0.2, 0) is 57.1 Å². The minimum absolute atomic E-state index is 0.0171. The van der Waals surface area contributed by atoms with E-state index in [2.05, 4.69) is 10.1 Å². The predicted molar refractivity (Wildman–Crippen MR) is 174 cm³/mol. The van der Waals surface area contributed by atoms with Gasteiger partial charge in [-0.1, -0.05) is 35.4 Å². The first kappa shape index (κ1) is 41.0. The fourth-order valence-corrected chi connectivity index (χ4v) is 5.60. The Bertz CT molecular complexity index is 1350. The molecule has 0 saturated heterocycles. The third-order valence-corrected chi connectivity index (χ3v) is 9.10. The summed E-state index contributed by atoms with van der Waals surface area (Å²) in [6.45, 7) is 5.32. The molecule has 0 aliphatic rings. The highest BCUT2D eigenvalue weighted by atomic mass is 32.2. The van der Waals surface area contributed by atoms with E-state index in [-0.39, 0.29) is 62.3 Å². The Morgan fingerprint density at radius 1 is 0.604 bits per heavy atom. The van der Waals surface area contributed by atoms with Gasteiger partial charge in [0, 0.05) is 19.6 Å². The predicted octanol–water partition coefficient (Wildman–Crippen LogP) is 2.06. The second-order valence-corrected chi connectivity index (χ2v) is 13.4. The van der Waals surface area contributed by atoms with Crippen molar-refractivity contribution in [2.75, 3.05) is 92.8 Å². The van der Waals surface area contributed by atoms with Crippen LogP contribution < -0.4 is 5.32 Å². The van der Waals surface area contributed by atoms with Crippen LogP contribution in [0.25, 0.3) is 0 Å². The zero-order chi connectivity index (χ0) is 35.3. The van der Waals surface area contributed by atoms with Gasteiger partial charge in [0.1, 0.15) is 0 Å². The van der Waals surface area contributed by atoms with Crippen molar-refractivity contribution in [2.45, 2.75) is 30.1 Å². The molecule has 0 aliphatic heterocycles. The van der Waals surface area contributed by atoms with E-state index in [0.717, 1.165) is 11.1 Å². The fourth-order valence-electron chi connectivity index (χ4n) is 3.80. The smallest absolute Gasteiger partial charge is 0.406 e. The van der Waals surface area contributed by atoms with Gasteiger partial charge in [0.15, 0.2) is 0 Å². The number of nitrogens with one attached hydrogen (secondary N) is 1. The number of aryl methyl sites for hydroxylation is 2. The lowest BCUT2D eigenvalue weighted by molar-refractivity contribution is -0.133. The average molecular weight is 719 g/mol. The van der Waals surface area contributed by atoms with Gasteiger partial charge in [0.25, 0.3) is 20.2 Å². The summed E-state index contributed by atoms with van der Waals surface area (Å²) in [5.74, 6) is -0.403. The molecule has 2 rings (SSSR count). The Morgan fingerprint density at radius 2 is 1.00 bits per heavy atom. The molecule has 270 valence electrons. The number of rotatable bonds is 25. The third kappa shape index (κ3) is 16.8. The van der Waals surface area contributed by atoms with E-state index in [0.29, 0.717) is 39.6 Å². The average Bonchev–Trinajstić information content (AvgIpc) is 3.05. The summed E-state index contributed by atoms with van der Waals surface area (Å²) in [4.78, 5) is 25.1. The van der Waals surface area contributed by atoms with Crippen molar-refractivity contribution in [3.05, 3.63) is 59.7 Å². The topological polar surface area (TPSA) is 182 Å². The summed E-state index contributed by atoms with van der Waals surface area (Å²) < 4.78 is 86.6. The lowest BCUT2D eigenvalue weighted by atomic mass is 10.2. The van der Waals surface area contributed by atoms with Crippen molar-refractivity contribution in [3.63, 3.8) is 0 Å². The molecule has 2 aromatic rings. The molecule has 0 saturated carbocycles.